The van der Waals surface area contributed by atoms with Crippen molar-refractivity contribution in [3.05, 3.63) is 70.2 Å². The fourth-order valence-electron chi connectivity index (χ4n) is 3.45. The molecule has 136 valence electrons. The Morgan fingerprint density at radius 3 is 2.69 bits per heavy atom. The summed E-state index contributed by atoms with van der Waals surface area (Å²) in [6, 6.07) is 17.1. The summed E-state index contributed by atoms with van der Waals surface area (Å²) in [5.74, 6) is -0.0517. The molecule has 1 aliphatic heterocycles. The van der Waals surface area contributed by atoms with Crippen LogP contribution in [0.1, 0.15) is 48.1 Å². The Labute approximate surface area is 162 Å². The van der Waals surface area contributed by atoms with E-state index in [-0.39, 0.29) is 23.9 Å². The van der Waals surface area contributed by atoms with Crippen molar-refractivity contribution < 1.29 is 9.59 Å². The third kappa shape index (κ3) is 4.52. The highest BCUT2D eigenvalue weighted by Gasteiger charge is 2.30. The molecule has 0 aromatic heterocycles. The maximum atomic E-state index is 12.8. The van der Waals surface area contributed by atoms with Crippen LogP contribution in [-0.4, -0.2) is 29.3 Å². The van der Waals surface area contributed by atoms with Gasteiger partial charge in [0, 0.05) is 29.0 Å². The molecule has 1 heterocycles. The Morgan fingerprint density at radius 2 is 1.96 bits per heavy atom. The Kier molecular flexibility index (Phi) is 6.09. The SMILES string of the molecule is CC(CC(=O)N1CCCC1c1cccc(Br)c1)NC(=O)c1ccccc1. The van der Waals surface area contributed by atoms with E-state index in [1.807, 2.05) is 42.2 Å². The third-order valence-electron chi connectivity index (χ3n) is 4.70. The molecule has 4 nitrogen and oxygen atoms in total. The zero-order chi connectivity index (χ0) is 18.5. The van der Waals surface area contributed by atoms with Crippen molar-refractivity contribution in [3.63, 3.8) is 0 Å². The van der Waals surface area contributed by atoms with E-state index in [0.29, 0.717) is 12.0 Å². The van der Waals surface area contributed by atoms with Gasteiger partial charge in [0.25, 0.3) is 5.91 Å². The molecule has 0 saturated carbocycles. The van der Waals surface area contributed by atoms with Gasteiger partial charge in [0.05, 0.1) is 6.04 Å². The van der Waals surface area contributed by atoms with E-state index >= 15 is 0 Å². The lowest BCUT2D eigenvalue weighted by atomic mass is 10.0. The molecule has 2 unspecified atom stereocenters. The molecule has 2 amide bonds. The van der Waals surface area contributed by atoms with Gasteiger partial charge in [0.2, 0.25) is 5.91 Å². The lowest BCUT2D eigenvalue weighted by Gasteiger charge is -2.27. The summed E-state index contributed by atoms with van der Waals surface area (Å²) >= 11 is 3.50. The zero-order valence-electron chi connectivity index (χ0n) is 14.8. The first-order valence-corrected chi connectivity index (χ1v) is 9.75. The predicted molar refractivity (Wildman–Crippen MR) is 106 cm³/mol. The van der Waals surface area contributed by atoms with Gasteiger partial charge in [-0.15, -0.1) is 0 Å². The Hall–Kier alpha value is -2.14. The van der Waals surface area contributed by atoms with Gasteiger partial charge >= 0.3 is 0 Å². The van der Waals surface area contributed by atoms with Crippen LogP contribution in [-0.2, 0) is 4.79 Å². The van der Waals surface area contributed by atoms with Crippen LogP contribution in [0.4, 0.5) is 0 Å². The number of hydrogen-bond acceptors (Lipinski definition) is 2. The Balaban J connectivity index is 1.60. The summed E-state index contributed by atoms with van der Waals surface area (Å²) in [5.41, 5.74) is 1.77. The van der Waals surface area contributed by atoms with Crippen LogP contribution in [0.15, 0.2) is 59.1 Å². The molecule has 5 heteroatoms. The smallest absolute Gasteiger partial charge is 0.251 e. The number of carbonyl (C=O) groups excluding carboxylic acids is 2. The van der Waals surface area contributed by atoms with Gasteiger partial charge in [-0.2, -0.15) is 0 Å². The van der Waals surface area contributed by atoms with Crippen LogP contribution in [0.25, 0.3) is 0 Å². The van der Waals surface area contributed by atoms with Crippen molar-refractivity contribution in [2.45, 2.75) is 38.3 Å². The minimum absolute atomic E-state index is 0.0911. The number of nitrogens with one attached hydrogen (secondary N) is 1. The predicted octanol–water partition coefficient (Wildman–Crippen LogP) is 4.32. The second-order valence-corrected chi connectivity index (χ2v) is 7.66. The number of carbonyl (C=O) groups is 2. The lowest BCUT2D eigenvalue weighted by molar-refractivity contribution is -0.132. The molecule has 0 aliphatic carbocycles. The van der Waals surface area contributed by atoms with E-state index in [1.165, 1.54) is 0 Å². The molecule has 1 aliphatic rings. The highest BCUT2D eigenvalue weighted by atomic mass is 79.9. The molecule has 0 spiro atoms. The van der Waals surface area contributed by atoms with Crippen molar-refractivity contribution in [3.8, 4) is 0 Å². The summed E-state index contributed by atoms with van der Waals surface area (Å²) in [7, 11) is 0. The van der Waals surface area contributed by atoms with E-state index in [2.05, 4.69) is 33.4 Å². The van der Waals surface area contributed by atoms with E-state index in [1.54, 1.807) is 12.1 Å². The van der Waals surface area contributed by atoms with Crippen LogP contribution < -0.4 is 5.32 Å². The molecular formula is C21H23BrN2O2. The Morgan fingerprint density at radius 1 is 1.19 bits per heavy atom. The fraction of sp³-hybridized carbons (Fsp3) is 0.333. The third-order valence-corrected chi connectivity index (χ3v) is 5.19. The highest BCUT2D eigenvalue weighted by molar-refractivity contribution is 9.10. The van der Waals surface area contributed by atoms with Crippen LogP contribution in [0.3, 0.4) is 0 Å². The number of nitrogens with zero attached hydrogens (tertiary/aromatic N) is 1. The zero-order valence-corrected chi connectivity index (χ0v) is 16.4. The molecule has 26 heavy (non-hydrogen) atoms. The Bertz CT molecular complexity index is 779. The van der Waals surface area contributed by atoms with Crippen LogP contribution in [0, 0.1) is 0 Å². The minimum Gasteiger partial charge on any atom is -0.349 e. The van der Waals surface area contributed by atoms with Crippen LogP contribution >= 0.6 is 15.9 Å². The van der Waals surface area contributed by atoms with Crippen molar-refractivity contribution in [2.75, 3.05) is 6.54 Å². The van der Waals surface area contributed by atoms with Gasteiger partial charge in [0.15, 0.2) is 0 Å². The van der Waals surface area contributed by atoms with Gasteiger partial charge in [-0.25, -0.2) is 0 Å². The number of amides is 2. The largest absolute Gasteiger partial charge is 0.349 e. The second-order valence-electron chi connectivity index (χ2n) is 6.74. The van der Waals surface area contributed by atoms with Gasteiger partial charge in [-0.3, -0.25) is 9.59 Å². The molecule has 0 bridgehead atoms. The van der Waals surface area contributed by atoms with Crippen molar-refractivity contribution in [1.82, 2.24) is 10.2 Å². The summed E-state index contributed by atoms with van der Waals surface area (Å²) < 4.78 is 1.03. The molecule has 3 rings (SSSR count). The van der Waals surface area contributed by atoms with Crippen LogP contribution in [0.2, 0.25) is 0 Å². The first kappa shape index (κ1) is 18.6. The number of benzene rings is 2. The maximum absolute atomic E-state index is 12.8. The average molecular weight is 415 g/mol. The summed E-state index contributed by atoms with van der Waals surface area (Å²) in [5, 5.41) is 2.92. The molecule has 2 aromatic rings. The van der Waals surface area contributed by atoms with E-state index < -0.39 is 0 Å². The van der Waals surface area contributed by atoms with Gasteiger partial charge in [0.1, 0.15) is 0 Å². The fourth-order valence-corrected chi connectivity index (χ4v) is 3.87. The molecule has 1 fully saturated rings. The normalized spacial score (nSPS) is 17.8. The van der Waals surface area contributed by atoms with E-state index in [9.17, 15) is 9.59 Å². The number of likely N-dealkylation sites (tertiary alicyclic amines) is 1. The van der Waals surface area contributed by atoms with Crippen molar-refractivity contribution in [1.29, 1.82) is 0 Å². The molecule has 2 aromatic carbocycles. The number of halogens is 1. The van der Waals surface area contributed by atoms with E-state index in [4.69, 9.17) is 0 Å². The summed E-state index contributed by atoms with van der Waals surface area (Å²) in [6.45, 7) is 2.65. The minimum atomic E-state index is -0.209. The average Bonchev–Trinajstić information content (AvgIpc) is 3.12. The summed E-state index contributed by atoms with van der Waals surface area (Å²) in [6.07, 6.45) is 2.30. The van der Waals surface area contributed by atoms with Gasteiger partial charge in [-0.05, 0) is 49.6 Å². The number of rotatable bonds is 5. The molecule has 1 saturated heterocycles. The first-order valence-electron chi connectivity index (χ1n) is 8.95. The second kappa shape index (κ2) is 8.49. The molecule has 2 atom stereocenters. The topological polar surface area (TPSA) is 49.4 Å². The standard InChI is InChI=1S/C21H23BrN2O2/c1-15(23-21(26)16-7-3-2-4-8-16)13-20(25)24-12-6-11-19(24)17-9-5-10-18(22)14-17/h2-5,7-10,14-15,19H,6,11-13H2,1H3,(H,23,26). The first-order chi connectivity index (χ1) is 12.5. The van der Waals surface area contributed by atoms with Crippen LogP contribution in [0.5, 0.6) is 0 Å². The van der Waals surface area contributed by atoms with Crippen molar-refractivity contribution >= 4 is 27.7 Å². The number of hydrogen-bond donors (Lipinski definition) is 1. The quantitative estimate of drug-likeness (QED) is 0.791. The highest BCUT2D eigenvalue weighted by Crippen LogP contribution is 2.33. The van der Waals surface area contributed by atoms with Gasteiger partial charge < -0.3 is 10.2 Å². The molecular weight excluding hydrogens is 392 g/mol. The maximum Gasteiger partial charge on any atom is 0.251 e. The van der Waals surface area contributed by atoms with E-state index in [0.717, 1.165) is 29.4 Å². The van der Waals surface area contributed by atoms with Gasteiger partial charge in [-0.1, -0.05) is 46.3 Å². The lowest BCUT2D eigenvalue weighted by Crippen LogP contribution is -2.39. The van der Waals surface area contributed by atoms with Crippen molar-refractivity contribution in [2.24, 2.45) is 0 Å². The summed E-state index contributed by atoms with van der Waals surface area (Å²) in [4.78, 5) is 27.0. The molecule has 1 N–H and O–H groups in total. The monoisotopic (exact) mass is 414 g/mol. The molecule has 0 radical (unpaired) electrons.